The Kier molecular flexibility index (Phi) is 11.3. The first-order valence-corrected chi connectivity index (χ1v) is 10.1. The maximum atomic E-state index is 4.82. The first kappa shape index (κ1) is 23.0. The van der Waals surface area contributed by atoms with Crippen LogP contribution in [0.25, 0.3) is 0 Å². The van der Waals surface area contributed by atoms with Gasteiger partial charge in [0, 0.05) is 44.8 Å². The third-order valence-electron chi connectivity index (χ3n) is 5.37. The van der Waals surface area contributed by atoms with Gasteiger partial charge in [-0.05, 0) is 58.9 Å². The lowest BCUT2D eigenvalue weighted by atomic mass is 10.0. The van der Waals surface area contributed by atoms with Crippen molar-refractivity contribution in [3.05, 3.63) is 0 Å². The molecule has 0 aliphatic carbocycles. The number of nitrogens with zero attached hydrogens (tertiary/aromatic N) is 3. The van der Waals surface area contributed by atoms with Crippen LogP contribution < -0.4 is 10.6 Å². The van der Waals surface area contributed by atoms with Gasteiger partial charge in [-0.25, -0.2) is 0 Å². The summed E-state index contributed by atoms with van der Waals surface area (Å²) in [7, 11) is 0. The Morgan fingerprint density at radius 1 is 1.16 bits per heavy atom. The fourth-order valence-corrected chi connectivity index (χ4v) is 3.87. The largest absolute Gasteiger partial charge is 0.357 e. The van der Waals surface area contributed by atoms with Crippen molar-refractivity contribution in [1.82, 2.24) is 20.4 Å². The number of piperidine rings is 2. The minimum absolute atomic E-state index is 0. The average Bonchev–Trinajstić information content (AvgIpc) is 2.55. The normalized spacial score (nSPS) is 24.2. The van der Waals surface area contributed by atoms with Crippen LogP contribution >= 0.6 is 24.0 Å². The van der Waals surface area contributed by atoms with E-state index < -0.39 is 0 Å². The molecule has 0 bridgehead atoms. The lowest BCUT2D eigenvalue weighted by Gasteiger charge is -2.35. The van der Waals surface area contributed by atoms with Gasteiger partial charge in [-0.2, -0.15) is 0 Å². The summed E-state index contributed by atoms with van der Waals surface area (Å²) in [4.78, 5) is 9.96. The van der Waals surface area contributed by atoms with Crippen LogP contribution in [0, 0.1) is 5.92 Å². The molecule has 2 heterocycles. The van der Waals surface area contributed by atoms with Gasteiger partial charge in [-0.3, -0.25) is 4.99 Å². The van der Waals surface area contributed by atoms with Crippen molar-refractivity contribution in [2.45, 2.75) is 65.5 Å². The Labute approximate surface area is 172 Å². The lowest BCUT2D eigenvalue weighted by Crippen LogP contribution is -2.50. The summed E-state index contributed by atoms with van der Waals surface area (Å²) in [5, 5.41) is 7.07. The standard InChI is InChI=1S/C19H39N5.HI/c1-5-20-19(21-10-14-23-11-6-7-17(4)15-23)22-18-8-12-24(13-9-18)16(2)3;/h16-18H,5-15H2,1-4H3,(H2,20,21,22);1H. The van der Waals surface area contributed by atoms with Crippen molar-refractivity contribution < 1.29 is 0 Å². The van der Waals surface area contributed by atoms with E-state index in [4.69, 9.17) is 4.99 Å². The van der Waals surface area contributed by atoms with Crippen LogP contribution in [-0.2, 0) is 0 Å². The number of hydrogen-bond acceptors (Lipinski definition) is 3. The predicted octanol–water partition coefficient (Wildman–Crippen LogP) is 2.76. The summed E-state index contributed by atoms with van der Waals surface area (Å²) in [5.41, 5.74) is 0. The van der Waals surface area contributed by atoms with E-state index in [0.717, 1.165) is 31.5 Å². The number of rotatable bonds is 6. The van der Waals surface area contributed by atoms with Crippen molar-refractivity contribution >= 4 is 29.9 Å². The first-order chi connectivity index (χ1) is 11.6. The molecule has 1 atom stereocenters. The van der Waals surface area contributed by atoms with Gasteiger partial charge >= 0.3 is 0 Å². The Morgan fingerprint density at radius 3 is 2.48 bits per heavy atom. The van der Waals surface area contributed by atoms with Gasteiger partial charge in [0.2, 0.25) is 0 Å². The van der Waals surface area contributed by atoms with E-state index in [9.17, 15) is 0 Å². The molecular formula is C19H40IN5. The number of guanidine groups is 1. The number of nitrogens with one attached hydrogen (secondary N) is 2. The molecule has 0 aromatic rings. The molecule has 0 radical (unpaired) electrons. The quantitative estimate of drug-likeness (QED) is 0.360. The molecule has 2 rings (SSSR count). The van der Waals surface area contributed by atoms with Crippen LogP contribution in [0.5, 0.6) is 0 Å². The molecule has 2 saturated heterocycles. The van der Waals surface area contributed by atoms with Crippen molar-refractivity contribution in [2.75, 3.05) is 45.8 Å². The topological polar surface area (TPSA) is 42.9 Å². The smallest absolute Gasteiger partial charge is 0.191 e. The van der Waals surface area contributed by atoms with Crippen molar-refractivity contribution in [1.29, 1.82) is 0 Å². The minimum Gasteiger partial charge on any atom is -0.357 e. The van der Waals surface area contributed by atoms with Crippen molar-refractivity contribution in [2.24, 2.45) is 10.9 Å². The van der Waals surface area contributed by atoms with E-state index in [1.807, 2.05) is 0 Å². The Morgan fingerprint density at radius 2 is 1.88 bits per heavy atom. The summed E-state index contributed by atoms with van der Waals surface area (Å²) in [6.07, 6.45) is 5.16. The highest BCUT2D eigenvalue weighted by Crippen LogP contribution is 2.15. The van der Waals surface area contributed by atoms with E-state index >= 15 is 0 Å². The number of halogens is 1. The van der Waals surface area contributed by atoms with E-state index in [2.05, 4.69) is 48.1 Å². The van der Waals surface area contributed by atoms with E-state index in [1.165, 1.54) is 51.9 Å². The minimum atomic E-state index is 0. The zero-order valence-corrected chi connectivity index (χ0v) is 19.1. The summed E-state index contributed by atoms with van der Waals surface area (Å²) in [6.45, 7) is 16.9. The number of aliphatic imine (C=N–C) groups is 1. The second-order valence-electron chi connectivity index (χ2n) is 7.86. The maximum absolute atomic E-state index is 4.82. The van der Waals surface area contributed by atoms with Gasteiger partial charge in [0.1, 0.15) is 0 Å². The highest BCUT2D eigenvalue weighted by Gasteiger charge is 2.21. The van der Waals surface area contributed by atoms with Gasteiger partial charge < -0.3 is 20.4 Å². The molecule has 2 aliphatic heterocycles. The van der Waals surface area contributed by atoms with Gasteiger partial charge in [-0.1, -0.05) is 6.92 Å². The van der Waals surface area contributed by atoms with Crippen LogP contribution in [0.4, 0.5) is 0 Å². The molecule has 5 nitrogen and oxygen atoms in total. The zero-order valence-electron chi connectivity index (χ0n) is 16.8. The van der Waals surface area contributed by atoms with E-state index in [-0.39, 0.29) is 24.0 Å². The van der Waals surface area contributed by atoms with Crippen molar-refractivity contribution in [3.8, 4) is 0 Å². The fraction of sp³-hybridized carbons (Fsp3) is 0.947. The average molecular weight is 465 g/mol. The van der Waals surface area contributed by atoms with Crippen molar-refractivity contribution in [3.63, 3.8) is 0 Å². The predicted molar refractivity (Wildman–Crippen MR) is 119 cm³/mol. The highest BCUT2D eigenvalue weighted by molar-refractivity contribution is 14.0. The fourth-order valence-electron chi connectivity index (χ4n) is 3.87. The molecule has 25 heavy (non-hydrogen) atoms. The first-order valence-electron chi connectivity index (χ1n) is 10.1. The highest BCUT2D eigenvalue weighted by atomic mass is 127. The Balaban J connectivity index is 0.00000312. The molecule has 2 fully saturated rings. The monoisotopic (exact) mass is 465 g/mol. The van der Waals surface area contributed by atoms with E-state index in [1.54, 1.807) is 0 Å². The van der Waals surface area contributed by atoms with Gasteiger partial charge in [0.05, 0.1) is 6.54 Å². The zero-order chi connectivity index (χ0) is 17.4. The molecule has 148 valence electrons. The van der Waals surface area contributed by atoms with E-state index in [0.29, 0.717) is 12.1 Å². The third kappa shape index (κ3) is 8.43. The third-order valence-corrected chi connectivity index (χ3v) is 5.37. The van der Waals surface area contributed by atoms with Crippen LogP contribution in [0.1, 0.15) is 53.4 Å². The van der Waals surface area contributed by atoms with Gasteiger partial charge in [0.15, 0.2) is 5.96 Å². The Hall–Kier alpha value is -0.0800. The summed E-state index contributed by atoms with van der Waals surface area (Å²) < 4.78 is 0. The molecule has 0 spiro atoms. The molecule has 6 heteroatoms. The molecular weight excluding hydrogens is 425 g/mol. The summed E-state index contributed by atoms with van der Waals surface area (Å²) >= 11 is 0. The van der Waals surface area contributed by atoms with Crippen LogP contribution in [0.3, 0.4) is 0 Å². The number of hydrogen-bond donors (Lipinski definition) is 2. The molecule has 0 aromatic carbocycles. The lowest BCUT2D eigenvalue weighted by molar-refractivity contribution is 0.167. The van der Waals surface area contributed by atoms with Crippen LogP contribution in [0.2, 0.25) is 0 Å². The second-order valence-corrected chi connectivity index (χ2v) is 7.86. The maximum Gasteiger partial charge on any atom is 0.191 e. The number of likely N-dealkylation sites (tertiary alicyclic amines) is 2. The molecule has 2 N–H and O–H groups in total. The SMILES string of the molecule is CCNC(=NCCN1CCCC(C)C1)NC1CCN(C(C)C)CC1.I. The Bertz CT molecular complexity index is 380. The van der Waals surface area contributed by atoms with Crippen LogP contribution in [-0.4, -0.2) is 73.7 Å². The van der Waals surface area contributed by atoms with Gasteiger partial charge in [0.25, 0.3) is 0 Å². The molecule has 0 amide bonds. The van der Waals surface area contributed by atoms with Crippen LogP contribution in [0.15, 0.2) is 4.99 Å². The molecule has 1 unspecified atom stereocenters. The molecule has 0 saturated carbocycles. The molecule has 0 aromatic heterocycles. The second kappa shape index (κ2) is 12.3. The van der Waals surface area contributed by atoms with Gasteiger partial charge in [-0.15, -0.1) is 24.0 Å². The summed E-state index contributed by atoms with van der Waals surface area (Å²) in [6, 6.07) is 1.23. The molecule has 2 aliphatic rings. The summed E-state index contributed by atoms with van der Waals surface area (Å²) in [5.74, 6) is 1.85.